The average molecular weight is 547 g/mol. The molecule has 0 radical (unpaired) electrons. The molecule has 0 spiro atoms. The molecule has 4 N–H and O–H groups in total. The average Bonchev–Trinajstić information content (AvgIpc) is 3.61. The van der Waals surface area contributed by atoms with Gasteiger partial charge in [0.2, 0.25) is 5.95 Å². The van der Waals surface area contributed by atoms with Crippen LogP contribution in [-0.4, -0.2) is 47.7 Å². The Kier molecular flexibility index (Phi) is 6.13. The standard InChI is InChI=1S/C25H22F5N7O2/c26-23(27)39-19-7-14(37-11-13-6-15(37)9-31-13)4-5-17(19)35-24-33-10-16(25(28,29)30)21(36-24)34-18-3-1-2-12-8-32-22(38)20(12)18/h1-5,7,10,13,15,23,31H,6,8-9,11H2,(H,32,38)(H2,33,34,35,36)/t13-,15-/m1/s1. The lowest BCUT2D eigenvalue weighted by molar-refractivity contribution is -0.137. The lowest BCUT2D eigenvalue weighted by Gasteiger charge is -2.30. The van der Waals surface area contributed by atoms with Crippen LogP contribution in [0.25, 0.3) is 0 Å². The van der Waals surface area contributed by atoms with Crippen LogP contribution in [0.5, 0.6) is 5.75 Å². The van der Waals surface area contributed by atoms with Gasteiger partial charge in [-0.25, -0.2) is 4.98 Å². The number of anilines is 5. The van der Waals surface area contributed by atoms with E-state index in [0.717, 1.165) is 19.5 Å². The van der Waals surface area contributed by atoms with Crippen molar-refractivity contribution in [2.45, 2.75) is 37.8 Å². The van der Waals surface area contributed by atoms with E-state index < -0.39 is 30.1 Å². The molecule has 1 aromatic heterocycles. The van der Waals surface area contributed by atoms with Gasteiger partial charge >= 0.3 is 12.8 Å². The number of amides is 1. The zero-order valence-corrected chi connectivity index (χ0v) is 20.1. The van der Waals surface area contributed by atoms with Crippen LogP contribution in [0.15, 0.2) is 42.6 Å². The van der Waals surface area contributed by atoms with Crippen molar-refractivity contribution in [1.82, 2.24) is 20.6 Å². The van der Waals surface area contributed by atoms with Gasteiger partial charge < -0.3 is 30.9 Å². The molecule has 3 aliphatic heterocycles. The number of carbonyl (C=O) groups excluding carboxylic acids is 1. The number of fused-ring (bicyclic) bond motifs is 3. The maximum Gasteiger partial charge on any atom is 0.421 e. The number of nitrogens with zero attached hydrogens (tertiary/aromatic N) is 3. The third-order valence-corrected chi connectivity index (χ3v) is 6.98. The zero-order valence-electron chi connectivity index (χ0n) is 20.1. The predicted molar refractivity (Wildman–Crippen MR) is 132 cm³/mol. The van der Waals surface area contributed by atoms with E-state index in [-0.39, 0.29) is 41.2 Å². The van der Waals surface area contributed by atoms with Crippen LogP contribution in [0, 0.1) is 0 Å². The number of halogens is 5. The first kappa shape index (κ1) is 25.1. The third kappa shape index (κ3) is 4.87. The maximum atomic E-state index is 13.8. The summed E-state index contributed by atoms with van der Waals surface area (Å²) >= 11 is 0. The van der Waals surface area contributed by atoms with Gasteiger partial charge in [0.05, 0.1) is 16.9 Å². The van der Waals surface area contributed by atoms with Crippen molar-refractivity contribution in [1.29, 1.82) is 0 Å². The molecule has 2 aromatic carbocycles. The van der Waals surface area contributed by atoms with Crippen molar-refractivity contribution < 1.29 is 31.5 Å². The van der Waals surface area contributed by atoms with E-state index in [1.807, 2.05) is 0 Å². The van der Waals surface area contributed by atoms with E-state index in [1.54, 1.807) is 18.2 Å². The number of rotatable bonds is 7. The summed E-state index contributed by atoms with van der Waals surface area (Å²) in [5.74, 6) is -1.53. The molecular weight excluding hydrogens is 525 g/mol. The summed E-state index contributed by atoms with van der Waals surface area (Å²) in [4.78, 5) is 22.1. The van der Waals surface area contributed by atoms with Crippen LogP contribution in [0.2, 0.25) is 0 Å². The highest BCUT2D eigenvalue weighted by atomic mass is 19.4. The van der Waals surface area contributed by atoms with Gasteiger partial charge in [0, 0.05) is 49.7 Å². The summed E-state index contributed by atoms with van der Waals surface area (Å²) in [5, 5.41) is 11.3. The SMILES string of the molecule is O=C1NCc2cccc(Nc3nc(Nc4ccc(N5C[C@H]6C[C@@H]5CN6)cc4OC(F)F)ncc3C(F)(F)F)c21. The smallest absolute Gasteiger partial charge is 0.421 e. The number of hydrogen-bond acceptors (Lipinski definition) is 8. The van der Waals surface area contributed by atoms with Gasteiger partial charge in [-0.05, 0) is 30.2 Å². The number of aromatic nitrogens is 2. The Labute approximate surface area is 218 Å². The van der Waals surface area contributed by atoms with E-state index >= 15 is 0 Å². The highest BCUT2D eigenvalue weighted by molar-refractivity contribution is 6.04. The zero-order chi connectivity index (χ0) is 27.3. The molecule has 2 atom stereocenters. The van der Waals surface area contributed by atoms with Gasteiger partial charge in [0.25, 0.3) is 5.91 Å². The minimum atomic E-state index is -4.81. The largest absolute Gasteiger partial charge is 0.433 e. The quantitative estimate of drug-likeness (QED) is 0.324. The van der Waals surface area contributed by atoms with Crippen molar-refractivity contribution in [2.75, 3.05) is 28.6 Å². The fourth-order valence-electron chi connectivity index (χ4n) is 5.24. The van der Waals surface area contributed by atoms with Gasteiger partial charge in [0.1, 0.15) is 11.4 Å². The minimum Gasteiger partial charge on any atom is -0.433 e. The summed E-state index contributed by atoms with van der Waals surface area (Å²) in [5.41, 5.74) is 0.554. The number of carbonyl (C=O) groups is 1. The van der Waals surface area contributed by atoms with E-state index in [9.17, 15) is 26.7 Å². The summed E-state index contributed by atoms with van der Waals surface area (Å²) < 4.78 is 72.6. The van der Waals surface area contributed by atoms with Gasteiger partial charge in [-0.3, -0.25) is 4.79 Å². The Morgan fingerprint density at radius 3 is 2.69 bits per heavy atom. The molecule has 0 unspecified atom stereocenters. The van der Waals surface area contributed by atoms with Gasteiger partial charge in [-0.15, -0.1) is 0 Å². The second-order valence-electron chi connectivity index (χ2n) is 9.43. The monoisotopic (exact) mass is 547 g/mol. The summed E-state index contributed by atoms with van der Waals surface area (Å²) in [6, 6.07) is 10.0. The molecule has 204 valence electrons. The van der Waals surface area contributed by atoms with Crippen LogP contribution >= 0.6 is 0 Å². The Bertz CT molecular complexity index is 1430. The molecule has 14 heteroatoms. The molecule has 3 aromatic rings. The minimum absolute atomic E-state index is 0.0484. The molecule has 2 saturated heterocycles. The molecule has 0 saturated carbocycles. The molecule has 2 fully saturated rings. The number of benzene rings is 2. The summed E-state index contributed by atoms with van der Waals surface area (Å²) in [6.07, 6.45) is -3.28. The molecule has 2 bridgehead atoms. The van der Waals surface area contributed by atoms with Crippen molar-refractivity contribution in [3.8, 4) is 5.75 Å². The molecule has 9 nitrogen and oxygen atoms in total. The van der Waals surface area contributed by atoms with Crippen molar-refractivity contribution in [2.24, 2.45) is 0 Å². The maximum absolute atomic E-state index is 13.8. The fraction of sp³-hybridized carbons (Fsp3) is 0.320. The number of alkyl halides is 5. The van der Waals surface area contributed by atoms with Crippen molar-refractivity contribution in [3.05, 3.63) is 59.3 Å². The van der Waals surface area contributed by atoms with Gasteiger partial charge in [-0.1, -0.05) is 12.1 Å². The Morgan fingerprint density at radius 1 is 1.13 bits per heavy atom. The number of piperazine rings is 1. The van der Waals surface area contributed by atoms with Gasteiger partial charge in [-0.2, -0.15) is 26.9 Å². The molecule has 39 heavy (non-hydrogen) atoms. The Morgan fingerprint density at radius 2 is 1.97 bits per heavy atom. The second-order valence-corrected chi connectivity index (χ2v) is 9.43. The Hall–Kier alpha value is -4.20. The van der Waals surface area contributed by atoms with E-state index in [1.165, 1.54) is 18.2 Å². The van der Waals surface area contributed by atoms with E-state index in [0.29, 0.717) is 23.5 Å². The van der Waals surface area contributed by atoms with Gasteiger partial charge in [0.15, 0.2) is 5.75 Å². The Balaban J connectivity index is 1.33. The number of hydrogen-bond donors (Lipinski definition) is 4. The fourth-order valence-corrected chi connectivity index (χ4v) is 5.24. The molecule has 4 heterocycles. The van der Waals surface area contributed by atoms with E-state index in [4.69, 9.17) is 4.74 Å². The van der Waals surface area contributed by atoms with E-state index in [2.05, 4.69) is 36.1 Å². The van der Waals surface area contributed by atoms with Crippen LogP contribution in [0.3, 0.4) is 0 Å². The molecule has 1 amide bonds. The summed E-state index contributed by atoms with van der Waals surface area (Å²) in [7, 11) is 0. The normalized spacial score (nSPS) is 19.8. The van der Waals surface area contributed by atoms with Crippen LogP contribution in [-0.2, 0) is 12.7 Å². The topological polar surface area (TPSA) is 103 Å². The molecule has 6 rings (SSSR count). The van der Waals surface area contributed by atoms with Crippen LogP contribution in [0.4, 0.5) is 50.8 Å². The molecular formula is C25H22F5N7O2. The predicted octanol–water partition coefficient (Wildman–Crippen LogP) is 4.38. The number of nitrogens with one attached hydrogen (secondary N) is 4. The first-order valence-corrected chi connectivity index (χ1v) is 12.1. The first-order valence-electron chi connectivity index (χ1n) is 12.1. The highest BCUT2D eigenvalue weighted by Crippen LogP contribution is 2.39. The molecule has 0 aliphatic carbocycles. The lowest BCUT2D eigenvalue weighted by atomic mass is 10.1. The van der Waals surface area contributed by atoms with Crippen LogP contribution < -0.4 is 30.9 Å². The first-order chi connectivity index (χ1) is 18.7. The summed E-state index contributed by atoms with van der Waals surface area (Å²) in [6.45, 7) is -1.36. The third-order valence-electron chi connectivity index (χ3n) is 6.98. The highest BCUT2D eigenvalue weighted by Gasteiger charge is 2.38. The van der Waals surface area contributed by atoms with Crippen molar-refractivity contribution in [3.63, 3.8) is 0 Å². The van der Waals surface area contributed by atoms with Crippen LogP contribution in [0.1, 0.15) is 27.9 Å². The molecule has 3 aliphatic rings. The van der Waals surface area contributed by atoms with Crippen molar-refractivity contribution >= 4 is 34.7 Å². The lowest BCUT2D eigenvalue weighted by Crippen LogP contribution is -2.43. The number of ether oxygens (including phenoxy) is 1. The second kappa shape index (κ2) is 9.52.